The average molecular weight is 366 g/mol. The molecule has 2 aromatic rings. The number of rotatable bonds is 8. The van der Waals surface area contributed by atoms with Crippen molar-refractivity contribution in [1.82, 2.24) is 15.0 Å². The van der Waals surface area contributed by atoms with Crippen LogP contribution in [0.2, 0.25) is 0 Å². The molecule has 0 spiro atoms. The topological polar surface area (TPSA) is 105 Å². The molecular weight excluding hydrogens is 344 g/mol. The van der Waals surface area contributed by atoms with Crippen LogP contribution in [0, 0.1) is 0 Å². The van der Waals surface area contributed by atoms with Gasteiger partial charge in [-0.2, -0.15) is 4.98 Å². The van der Waals surface area contributed by atoms with Gasteiger partial charge in [0.2, 0.25) is 15.9 Å². The highest BCUT2D eigenvalue weighted by atomic mass is 32.2. The first-order valence-corrected chi connectivity index (χ1v) is 9.75. The lowest BCUT2D eigenvalue weighted by molar-refractivity contribution is 0.0734. The van der Waals surface area contributed by atoms with E-state index in [1.54, 1.807) is 36.1 Å². The lowest BCUT2D eigenvalue weighted by Gasteiger charge is -2.19. The van der Waals surface area contributed by atoms with Crippen molar-refractivity contribution in [2.24, 2.45) is 0 Å². The quantitative estimate of drug-likeness (QED) is 0.766. The van der Waals surface area contributed by atoms with Crippen LogP contribution in [0.3, 0.4) is 0 Å². The summed E-state index contributed by atoms with van der Waals surface area (Å²) in [5, 5.41) is 3.82. The molecule has 0 bridgehead atoms. The predicted octanol–water partition coefficient (Wildman–Crippen LogP) is 2.06. The van der Waals surface area contributed by atoms with Gasteiger partial charge < -0.3 is 9.42 Å². The molecule has 0 aliphatic heterocycles. The number of benzene rings is 1. The number of sulfonamides is 1. The summed E-state index contributed by atoms with van der Waals surface area (Å²) in [6.45, 7) is 6.05. The summed E-state index contributed by atoms with van der Waals surface area (Å²) in [5.74, 6) is 0.787. The SMILES string of the molecule is CCc1noc(CN(CC)C(=O)c2ccc(NS(=O)(=O)CC)cc2)n1. The number of aromatic nitrogens is 2. The fourth-order valence-electron chi connectivity index (χ4n) is 2.10. The van der Waals surface area contributed by atoms with E-state index >= 15 is 0 Å². The summed E-state index contributed by atoms with van der Waals surface area (Å²) in [4.78, 5) is 18.4. The van der Waals surface area contributed by atoms with E-state index in [0.717, 1.165) is 0 Å². The molecule has 25 heavy (non-hydrogen) atoms. The number of hydrogen-bond donors (Lipinski definition) is 1. The Morgan fingerprint density at radius 1 is 1.20 bits per heavy atom. The molecule has 0 saturated heterocycles. The Bertz CT molecular complexity index is 815. The van der Waals surface area contributed by atoms with Gasteiger partial charge in [0.25, 0.3) is 5.91 Å². The number of aryl methyl sites for hydroxylation is 1. The summed E-state index contributed by atoms with van der Waals surface area (Å²) in [6.07, 6.45) is 0.665. The van der Waals surface area contributed by atoms with Crippen molar-refractivity contribution in [3.05, 3.63) is 41.5 Å². The lowest BCUT2D eigenvalue weighted by Crippen LogP contribution is -2.30. The molecule has 0 radical (unpaired) electrons. The van der Waals surface area contributed by atoms with Crippen LogP contribution in [-0.4, -0.2) is 41.7 Å². The first-order valence-electron chi connectivity index (χ1n) is 8.09. The molecule has 0 atom stereocenters. The first-order chi connectivity index (χ1) is 11.9. The second-order valence-corrected chi connectivity index (χ2v) is 7.37. The number of carbonyl (C=O) groups excluding carboxylic acids is 1. The monoisotopic (exact) mass is 366 g/mol. The van der Waals surface area contributed by atoms with Crippen molar-refractivity contribution in [2.75, 3.05) is 17.0 Å². The van der Waals surface area contributed by atoms with Gasteiger partial charge in [0.15, 0.2) is 5.82 Å². The van der Waals surface area contributed by atoms with Gasteiger partial charge in [0.05, 0.1) is 5.75 Å². The van der Waals surface area contributed by atoms with Gasteiger partial charge in [-0.1, -0.05) is 12.1 Å². The number of anilines is 1. The largest absolute Gasteiger partial charge is 0.337 e. The fourth-order valence-corrected chi connectivity index (χ4v) is 2.74. The van der Waals surface area contributed by atoms with Gasteiger partial charge >= 0.3 is 0 Å². The molecule has 1 amide bonds. The molecule has 0 aliphatic rings. The molecule has 1 N–H and O–H groups in total. The van der Waals surface area contributed by atoms with Crippen molar-refractivity contribution >= 4 is 21.6 Å². The molecule has 2 rings (SSSR count). The van der Waals surface area contributed by atoms with E-state index in [-0.39, 0.29) is 18.2 Å². The minimum Gasteiger partial charge on any atom is -0.337 e. The minimum absolute atomic E-state index is 0.0127. The van der Waals surface area contributed by atoms with Crippen LogP contribution in [0.25, 0.3) is 0 Å². The molecular formula is C16H22N4O4S. The maximum absolute atomic E-state index is 12.6. The van der Waals surface area contributed by atoms with Crippen LogP contribution >= 0.6 is 0 Å². The summed E-state index contributed by atoms with van der Waals surface area (Å²) in [7, 11) is -3.34. The van der Waals surface area contributed by atoms with Crippen LogP contribution < -0.4 is 4.72 Å². The van der Waals surface area contributed by atoms with E-state index in [1.165, 1.54) is 0 Å². The summed E-state index contributed by atoms with van der Waals surface area (Å²) < 4.78 is 30.7. The fraction of sp³-hybridized carbons (Fsp3) is 0.438. The van der Waals surface area contributed by atoms with E-state index in [2.05, 4.69) is 14.9 Å². The van der Waals surface area contributed by atoms with Gasteiger partial charge in [-0.25, -0.2) is 8.42 Å². The van der Waals surface area contributed by atoms with Crippen molar-refractivity contribution in [2.45, 2.75) is 33.7 Å². The molecule has 0 saturated carbocycles. The van der Waals surface area contributed by atoms with Gasteiger partial charge in [0.1, 0.15) is 6.54 Å². The molecule has 136 valence electrons. The Hall–Kier alpha value is -2.42. The highest BCUT2D eigenvalue weighted by Crippen LogP contribution is 2.14. The lowest BCUT2D eigenvalue weighted by atomic mass is 10.2. The first kappa shape index (κ1) is 18.9. The van der Waals surface area contributed by atoms with Crippen molar-refractivity contribution in [1.29, 1.82) is 0 Å². The Labute approximate surface area is 147 Å². The van der Waals surface area contributed by atoms with Crippen LogP contribution in [0.5, 0.6) is 0 Å². The third-order valence-corrected chi connectivity index (χ3v) is 4.91. The number of hydrogen-bond acceptors (Lipinski definition) is 6. The van der Waals surface area contributed by atoms with Gasteiger partial charge in [-0.15, -0.1) is 0 Å². The van der Waals surface area contributed by atoms with E-state index in [9.17, 15) is 13.2 Å². The predicted molar refractivity (Wildman–Crippen MR) is 93.6 cm³/mol. The smallest absolute Gasteiger partial charge is 0.254 e. The second kappa shape index (κ2) is 8.11. The Morgan fingerprint density at radius 2 is 1.88 bits per heavy atom. The Kier molecular flexibility index (Phi) is 6.13. The molecule has 1 heterocycles. The van der Waals surface area contributed by atoms with Crippen molar-refractivity contribution < 1.29 is 17.7 Å². The van der Waals surface area contributed by atoms with Crippen LogP contribution in [0.4, 0.5) is 5.69 Å². The highest BCUT2D eigenvalue weighted by Gasteiger charge is 2.18. The molecule has 9 heteroatoms. The minimum atomic E-state index is -3.34. The van der Waals surface area contributed by atoms with Crippen LogP contribution in [0.1, 0.15) is 42.8 Å². The Morgan fingerprint density at radius 3 is 2.40 bits per heavy atom. The average Bonchev–Trinajstić information content (AvgIpc) is 3.07. The molecule has 0 aliphatic carbocycles. The third kappa shape index (κ3) is 5.02. The second-order valence-electron chi connectivity index (χ2n) is 5.36. The van der Waals surface area contributed by atoms with Gasteiger partial charge in [-0.3, -0.25) is 9.52 Å². The van der Waals surface area contributed by atoms with Crippen molar-refractivity contribution in [3.63, 3.8) is 0 Å². The van der Waals surface area contributed by atoms with E-state index < -0.39 is 10.0 Å². The zero-order valence-corrected chi connectivity index (χ0v) is 15.3. The van der Waals surface area contributed by atoms with E-state index in [4.69, 9.17) is 4.52 Å². The molecule has 0 fully saturated rings. The molecule has 1 aromatic carbocycles. The van der Waals surface area contributed by atoms with Crippen LogP contribution in [0.15, 0.2) is 28.8 Å². The number of amides is 1. The highest BCUT2D eigenvalue weighted by molar-refractivity contribution is 7.92. The third-order valence-electron chi connectivity index (χ3n) is 3.61. The van der Waals surface area contributed by atoms with E-state index in [1.807, 2.05) is 13.8 Å². The van der Waals surface area contributed by atoms with Crippen molar-refractivity contribution in [3.8, 4) is 0 Å². The summed E-state index contributed by atoms with van der Waals surface area (Å²) >= 11 is 0. The maximum Gasteiger partial charge on any atom is 0.254 e. The number of carbonyl (C=O) groups is 1. The number of nitrogens with zero attached hydrogens (tertiary/aromatic N) is 3. The molecule has 1 aromatic heterocycles. The zero-order valence-electron chi connectivity index (χ0n) is 14.5. The molecule has 0 unspecified atom stereocenters. The van der Waals surface area contributed by atoms with E-state index in [0.29, 0.717) is 35.9 Å². The maximum atomic E-state index is 12.6. The molecule has 8 nitrogen and oxygen atoms in total. The van der Waals surface area contributed by atoms with Gasteiger partial charge in [-0.05, 0) is 38.1 Å². The normalized spacial score (nSPS) is 11.3. The summed E-state index contributed by atoms with van der Waals surface area (Å²) in [6, 6.07) is 6.31. The zero-order chi connectivity index (χ0) is 18.4. The number of nitrogens with one attached hydrogen (secondary N) is 1. The standard InChI is InChI=1S/C16H22N4O4S/c1-4-14-17-15(24-18-14)11-20(5-2)16(21)12-7-9-13(10-8-12)19-25(22,23)6-3/h7-10,19H,4-6,11H2,1-3H3. The summed E-state index contributed by atoms with van der Waals surface area (Å²) in [5.41, 5.74) is 0.877. The van der Waals surface area contributed by atoms with Crippen LogP contribution in [-0.2, 0) is 23.0 Å². The Balaban J connectivity index is 2.09. The van der Waals surface area contributed by atoms with Gasteiger partial charge in [0, 0.05) is 24.2 Å².